The zero-order valence-corrected chi connectivity index (χ0v) is 11.3. The summed E-state index contributed by atoms with van der Waals surface area (Å²) in [7, 11) is 0. The molecular weight excluding hydrogens is 240 g/mol. The number of hydrogen-bond acceptors (Lipinski definition) is 3. The van der Waals surface area contributed by atoms with E-state index >= 15 is 0 Å². The third-order valence-electron chi connectivity index (χ3n) is 3.74. The van der Waals surface area contributed by atoms with Gasteiger partial charge in [-0.15, -0.1) is 0 Å². The molecule has 1 aliphatic carbocycles. The molecule has 1 fully saturated rings. The maximum absolute atomic E-state index is 12.2. The first kappa shape index (κ1) is 13.8. The van der Waals surface area contributed by atoms with Crippen LogP contribution in [-0.4, -0.2) is 24.3 Å². The van der Waals surface area contributed by atoms with E-state index in [1.54, 1.807) is 6.92 Å². The van der Waals surface area contributed by atoms with Crippen molar-refractivity contribution in [3.05, 3.63) is 41.5 Å². The Morgan fingerprint density at radius 2 is 2.16 bits per heavy atom. The quantitative estimate of drug-likeness (QED) is 0.847. The van der Waals surface area contributed by atoms with E-state index in [0.29, 0.717) is 13.0 Å². The minimum atomic E-state index is -0.828. The van der Waals surface area contributed by atoms with Gasteiger partial charge in [0.2, 0.25) is 0 Å². The predicted molar refractivity (Wildman–Crippen MR) is 74.4 cm³/mol. The highest BCUT2D eigenvalue weighted by molar-refractivity contribution is 5.83. The molecule has 0 saturated heterocycles. The van der Waals surface area contributed by atoms with Crippen LogP contribution in [0.3, 0.4) is 0 Å². The van der Waals surface area contributed by atoms with Gasteiger partial charge in [-0.25, -0.2) is 0 Å². The van der Waals surface area contributed by atoms with Crippen LogP contribution in [0.5, 0.6) is 0 Å². The zero-order chi connectivity index (χ0) is 13.7. The van der Waals surface area contributed by atoms with Crippen LogP contribution >= 0.6 is 0 Å². The van der Waals surface area contributed by atoms with Gasteiger partial charge in [0.25, 0.3) is 0 Å². The van der Waals surface area contributed by atoms with Gasteiger partial charge in [0, 0.05) is 0 Å². The molecule has 0 aromatic heterocycles. The van der Waals surface area contributed by atoms with Crippen LogP contribution in [0.4, 0.5) is 0 Å². The second kappa shape index (κ2) is 6.02. The Balaban J connectivity index is 2.33. The van der Waals surface area contributed by atoms with Gasteiger partial charge in [-0.05, 0) is 31.7 Å². The van der Waals surface area contributed by atoms with E-state index in [0.717, 1.165) is 24.0 Å². The number of hydrogen-bond donors (Lipinski definition) is 1. The third kappa shape index (κ3) is 2.71. The molecule has 1 aromatic rings. The van der Waals surface area contributed by atoms with Gasteiger partial charge in [-0.3, -0.25) is 4.79 Å². The summed E-state index contributed by atoms with van der Waals surface area (Å²) in [5.74, 6) is -0.294. The third-order valence-corrected chi connectivity index (χ3v) is 3.74. The molecule has 3 nitrogen and oxygen atoms in total. The van der Waals surface area contributed by atoms with Crippen molar-refractivity contribution in [1.82, 2.24) is 0 Å². The van der Waals surface area contributed by atoms with Gasteiger partial charge in [0.1, 0.15) is 5.41 Å². The van der Waals surface area contributed by atoms with Crippen LogP contribution in [0.2, 0.25) is 0 Å². The molecule has 0 heterocycles. The molecule has 1 saturated carbocycles. The number of aliphatic hydroxyl groups is 1. The number of ether oxygens (including phenoxy) is 1. The van der Waals surface area contributed by atoms with Crippen molar-refractivity contribution >= 4 is 12.0 Å². The summed E-state index contributed by atoms with van der Waals surface area (Å²) in [6.45, 7) is 1.96. The van der Waals surface area contributed by atoms with Gasteiger partial charge >= 0.3 is 5.97 Å². The minimum absolute atomic E-state index is 0.176. The molecule has 0 unspecified atom stereocenters. The van der Waals surface area contributed by atoms with Crippen molar-refractivity contribution in [2.24, 2.45) is 5.41 Å². The Labute approximate surface area is 113 Å². The van der Waals surface area contributed by atoms with Crippen molar-refractivity contribution in [2.45, 2.75) is 26.2 Å². The first-order valence-electron chi connectivity index (χ1n) is 6.77. The second-order valence-electron chi connectivity index (χ2n) is 4.89. The smallest absolute Gasteiger partial charge is 0.318 e. The fourth-order valence-electron chi connectivity index (χ4n) is 2.69. The molecule has 3 heteroatoms. The molecule has 102 valence electrons. The van der Waals surface area contributed by atoms with E-state index in [2.05, 4.69) is 0 Å². The lowest BCUT2D eigenvalue weighted by molar-refractivity contribution is -0.154. The largest absolute Gasteiger partial charge is 0.465 e. The molecule has 1 aromatic carbocycles. The van der Waals surface area contributed by atoms with Crippen LogP contribution in [0, 0.1) is 5.41 Å². The normalized spacial score (nSPS) is 24.6. The van der Waals surface area contributed by atoms with Gasteiger partial charge in [-0.1, -0.05) is 42.0 Å². The van der Waals surface area contributed by atoms with Crippen molar-refractivity contribution < 1.29 is 14.6 Å². The van der Waals surface area contributed by atoms with Crippen molar-refractivity contribution in [3.63, 3.8) is 0 Å². The van der Waals surface area contributed by atoms with Crippen LogP contribution in [-0.2, 0) is 9.53 Å². The predicted octanol–water partition coefficient (Wildman–Crippen LogP) is 2.80. The number of esters is 1. The molecule has 1 atom stereocenters. The molecule has 0 amide bonds. The molecule has 0 aliphatic heterocycles. The summed E-state index contributed by atoms with van der Waals surface area (Å²) in [4.78, 5) is 12.2. The average molecular weight is 260 g/mol. The highest BCUT2D eigenvalue weighted by Crippen LogP contribution is 2.44. The lowest BCUT2D eigenvalue weighted by Crippen LogP contribution is -2.35. The van der Waals surface area contributed by atoms with Gasteiger partial charge in [-0.2, -0.15) is 0 Å². The summed E-state index contributed by atoms with van der Waals surface area (Å²) in [5.41, 5.74) is 1.22. The van der Waals surface area contributed by atoms with E-state index in [4.69, 9.17) is 4.74 Å². The Morgan fingerprint density at radius 3 is 2.79 bits per heavy atom. The average Bonchev–Trinajstić information content (AvgIpc) is 2.84. The summed E-state index contributed by atoms with van der Waals surface area (Å²) in [5, 5.41) is 9.72. The van der Waals surface area contributed by atoms with Crippen molar-refractivity contribution in [1.29, 1.82) is 0 Å². The number of carbonyl (C=O) groups excluding carboxylic acids is 1. The number of carbonyl (C=O) groups is 1. The fourth-order valence-corrected chi connectivity index (χ4v) is 2.69. The zero-order valence-electron chi connectivity index (χ0n) is 11.3. The van der Waals surface area contributed by atoms with Crippen LogP contribution in [0.1, 0.15) is 31.7 Å². The van der Waals surface area contributed by atoms with Crippen LogP contribution in [0.25, 0.3) is 6.08 Å². The molecule has 19 heavy (non-hydrogen) atoms. The van der Waals surface area contributed by atoms with Crippen LogP contribution < -0.4 is 0 Å². The summed E-state index contributed by atoms with van der Waals surface area (Å²) in [6, 6.07) is 9.89. The highest BCUT2D eigenvalue weighted by Gasteiger charge is 2.45. The van der Waals surface area contributed by atoms with Gasteiger partial charge in [0.05, 0.1) is 13.2 Å². The molecule has 1 aliphatic rings. The Morgan fingerprint density at radius 1 is 1.42 bits per heavy atom. The Bertz CT molecular complexity index is 464. The molecule has 0 bridgehead atoms. The second-order valence-corrected chi connectivity index (χ2v) is 4.89. The monoisotopic (exact) mass is 260 g/mol. The Kier molecular flexibility index (Phi) is 4.38. The molecule has 0 radical (unpaired) electrons. The van der Waals surface area contributed by atoms with Gasteiger partial charge in [0.15, 0.2) is 0 Å². The molecular formula is C16H20O3. The first-order valence-corrected chi connectivity index (χ1v) is 6.77. The maximum atomic E-state index is 12.2. The van der Waals surface area contributed by atoms with E-state index in [-0.39, 0.29) is 12.6 Å². The SMILES string of the molecule is CCOC(=O)[C@@]1(CO)CCC/C1=C\c1ccccc1. The molecule has 0 spiro atoms. The first-order chi connectivity index (χ1) is 9.23. The fraction of sp³-hybridized carbons (Fsp3) is 0.438. The number of rotatable bonds is 4. The lowest BCUT2D eigenvalue weighted by Gasteiger charge is -2.26. The highest BCUT2D eigenvalue weighted by atomic mass is 16.5. The van der Waals surface area contributed by atoms with E-state index in [9.17, 15) is 9.90 Å². The van der Waals surface area contributed by atoms with Crippen LogP contribution in [0.15, 0.2) is 35.9 Å². The van der Waals surface area contributed by atoms with Crippen molar-refractivity contribution in [3.8, 4) is 0 Å². The minimum Gasteiger partial charge on any atom is -0.465 e. The Hall–Kier alpha value is -1.61. The number of benzene rings is 1. The topological polar surface area (TPSA) is 46.5 Å². The molecule has 1 N–H and O–H groups in total. The summed E-state index contributed by atoms with van der Waals surface area (Å²) < 4.78 is 5.15. The van der Waals surface area contributed by atoms with E-state index < -0.39 is 5.41 Å². The summed E-state index contributed by atoms with van der Waals surface area (Å²) >= 11 is 0. The number of aliphatic hydroxyl groups excluding tert-OH is 1. The van der Waals surface area contributed by atoms with Gasteiger partial charge < -0.3 is 9.84 Å². The lowest BCUT2D eigenvalue weighted by atomic mass is 9.82. The maximum Gasteiger partial charge on any atom is 0.318 e. The van der Waals surface area contributed by atoms with E-state index in [1.807, 2.05) is 36.4 Å². The van der Waals surface area contributed by atoms with E-state index in [1.165, 1.54) is 0 Å². The standard InChI is InChI=1S/C16H20O3/c1-2-19-15(18)16(12-17)10-6-9-14(16)11-13-7-4-3-5-8-13/h3-5,7-8,11,17H,2,6,9-10,12H2,1H3/b14-11+/t16-/m1/s1. The summed E-state index contributed by atoms with van der Waals surface area (Å²) in [6.07, 6.45) is 4.44. The molecule has 2 rings (SSSR count). The van der Waals surface area contributed by atoms with Crippen molar-refractivity contribution in [2.75, 3.05) is 13.2 Å².